The zero-order chi connectivity index (χ0) is 19.7. The van der Waals surface area contributed by atoms with E-state index in [0.717, 1.165) is 5.69 Å². The number of hydrogen-bond donors (Lipinski definition) is 2. The fourth-order valence-corrected chi connectivity index (χ4v) is 3.06. The predicted octanol–water partition coefficient (Wildman–Crippen LogP) is 2.94. The van der Waals surface area contributed by atoms with Gasteiger partial charge in [0.05, 0.1) is 10.7 Å². The Labute approximate surface area is 164 Å². The van der Waals surface area contributed by atoms with Crippen LogP contribution < -0.4 is 10.6 Å². The van der Waals surface area contributed by atoms with Gasteiger partial charge in [0.25, 0.3) is 11.8 Å². The SMILES string of the molecule is O=C1NC(=O)C(=Cc2cn(-c3ccccc3)nc2-c2ccccc2Cl)C(=O)N1. The molecule has 1 aromatic heterocycles. The van der Waals surface area contributed by atoms with E-state index < -0.39 is 17.8 Å². The molecule has 0 aliphatic carbocycles. The van der Waals surface area contributed by atoms with E-state index in [1.807, 2.05) is 36.4 Å². The van der Waals surface area contributed by atoms with Crippen molar-refractivity contribution in [3.05, 3.63) is 77.0 Å². The summed E-state index contributed by atoms with van der Waals surface area (Å²) in [5, 5.41) is 9.19. The van der Waals surface area contributed by atoms with Crippen molar-refractivity contribution in [1.29, 1.82) is 0 Å². The van der Waals surface area contributed by atoms with Gasteiger partial charge in [-0.2, -0.15) is 5.10 Å². The molecule has 4 amide bonds. The normalized spacial score (nSPS) is 13.9. The summed E-state index contributed by atoms with van der Waals surface area (Å²) in [5.74, 6) is -1.54. The zero-order valence-electron chi connectivity index (χ0n) is 14.3. The molecule has 7 nitrogen and oxygen atoms in total. The third-order valence-corrected chi connectivity index (χ3v) is 4.47. The Hall–Kier alpha value is -3.71. The molecule has 138 valence electrons. The summed E-state index contributed by atoms with van der Waals surface area (Å²) in [6.07, 6.45) is 3.08. The lowest BCUT2D eigenvalue weighted by atomic mass is 10.0. The van der Waals surface area contributed by atoms with Crippen LogP contribution in [0, 0.1) is 0 Å². The van der Waals surface area contributed by atoms with Crippen molar-refractivity contribution in [2.75, 3.05) is 0 Å². The summed E-state index contributed by atoms with van der Waals surface area (Å²) in [5.41, 5.74) is 2.26. The summed E-state index contributed by atoms with van der Waals surface area (Å²) in [7, 11) is 0. The van der Waals surface area contributed by atoms with Crippen LogP contribution in [-0.2, 0) is 9.59 Å². The van der Waals surface area contributed by atoms with Crippen LogP contribution in [0.25, 0.3) is 23.0 Å². The predicted molar refractivity (Wildman–Crippen MR) is 104 cm³/mol. The van der Waals surface area contributed by atoms with Crippen LogP contribution in [-0.4, -0.2) is 27.6 Å². The number of urea groups is 1. The molecule has 2 N–H and O–H groups in total. The Bertz CT molecular complexity index is 1110. The van der Waals surface area contributed by atoms with E-state index in [-0.39, 0.29) is 5.57 Å². The number of hydrogen-bond acceptors (Lipinski definition) is 4. The minimum Gasteiger partial charge on any atom is -0.273 e. The molecule has 4 rings (SSSR count). The fraction of sp³-hybridized carbons (Fsp3) is 0. The van der Waals surface area contributed by atoms with Gasteiger partial charge in [-0.05, 0) is 24.3 Å². The highest BCUT2D eigenvalue weighted by atomic mass is 35.5. The van der Waals surface area contributed by atoms with Crippen molar-refractivity contribution < 1.29 is 14.4 Å². The maximum Gasteiger partial charge on any atom is 0.328 e. The van der Waals surface area contributed by atoms with Crippen molar-refractivity contribution in [1.82, 2.24) is 20.4 Å². The van der Waals surface area contributed by atoms with Gasteiger partial charge >= 0.3 is 6.03 Å². The van der Waals surface area contributed by atoms with Gasteiger partial charge in [0.1, 0.15) is 11.3 Å². The van der Waals surface area contributed by atoms with Gasteiger partial charge in [-0.1, -0.05) is 48.0 Å². The Morgan fingerprint density at radius 3 is 2.21 bits per heavy atom. The number of nitrogens with zero attached hydrogens (tertiary/aromatic N) is 2. The summed E-state index contributed by atoms with van der Waals surface area (Å²) < 4.78 is 1.63. The van der Waals surface area contributed by atoms with Crippen LogP contribution in [0.15, 0.2) is 66.4 Å². The molecule has 1 aliphatic rings. The molecule has 8 heteroatoms. The molecule has 0 bridgehead atoms. The quantitative estimate of drug-likeness (QED) is 0.529. The molecule has 0 unspecified atom stereocenters. The molecule has 1 fully saturated rings. The van der Waals surface area contributed by atoms with Gasteiger partial charge in [0, 0.05) is 17.3 Å². The summed E-state index contributed by atoms with van der Waals surface area (Å²) in [4.78, 5) is 35.5. The largest absolute Gasteiger partial charge is 0.328 e. The Kier molecular flexibility index (Phi) is 4.50. The molecule has 1 aliphatic heterocycles. The molecule has 1 saturated heterocycles. The first-order valence-electron chi connectivity index (χ1n) is 8.31. The molecule has 28 heavy (non-hydrogen) atoms. The number of para-hydroxylation sites is 1. The second kappa shape index (κ2) is 7.13. The van der Waals surface area contributed by atoms with Gasteiger partial charge in [-0.15, -0.1) is 0 Å². The molecular weight excluding hydrogens is 380 g/mol. The molecular formula is C20H13ClN4O3. The van der Waals surface area contributed by atoms with Crippen LogP contribution in [0.2, 0.25) is 5.02 Å². The second-order valence-corrected chi connectivity index (χ2v) is 6.40. The molecule has 2 heterocycles. The minimum atomic E-state index is -0.849. The Morgan fingerprint density at radius 1 is 0.893 bits per heavy atom. The second-order valence-electron chi connectivity index (χ2n) is 5.99. The van der Waals surface area contributed by atoms with E-state index in [9.17, 15) is 14.4 Å². The molecule has 0 radical (unpaired) electrons. The summed E-state index contributed by atoms with van der Waals surface area (Å²) >= 11 is 6.33. The highest BCUT2D eigenvalue weighted by molar-refractivity contribution is 6.33. The Morgan fingerprint density at radius 2 is 1.54 bits per heavy atom. The highest BCUT2D eigenvalue weighted by Gasteiger charge is 2.28. The van der Waals surface area contributed by atoms with Gasteiger partial charge < -0.3 is 0 Å². The van der Waals surface area contributed by atoms with E-state index >= 15 is 0 Å². The van der Waals surface area contributed by atoms with Crippen molar-refractivity contribution in [3.8, 4) is 16.9 Å². The van der Waals surface area contributed by atoms with Crippen molar-refractivity contribution in [2.45, 2.75) is 0 Å². The number of barbiturate groups is 1. The molecule has 3 aromatic rings. The van der Waals surface area contributed by atoms with Crippen LogP contribution in [0.1, 0.15) is 5.56 Å². The number of imide groups is 2. The van der Waals surface area contributed by atoms with Gasteiger partial charge in [-0.25, -0.2) is 9.48 Å². The fourth-order valence-electron chi connectivity index (χ4n) is 2.83. The Balaban J connectivity index is 1.88. The van der Waals surface area contributed by atoms with Crippen LogP contribution >= 0.6 is 11.6 Å². The number of nitrogens with one attached hydrogen (secondary N) is 2. The first-order chi connectivity index (χ1) is 13.5. The zero-order valence-corrected chi connectivity index (χ0v) is 15.1. The number of aromatic nitrogens is 2. The minimum absolute atomic E-state index is 0.194. The topological polar surface area (TPSA) is 93.1 Å². The summed E-state index contributed by atoms with van der Waals surface area (Å²) in [6.45, 7) is 0. The van der Waals surface area contributed by atoms with Crippen molar-refractivity contribution >= 4 is 35.5 Å². The first-order valence-corrected chi connectivity index (χ1v) is 8.69. The highest BCUT2D eigenvalue weighted by Crippen LogP contribution is 2.31. The molecule has 2 aromatic carbocycles. The number of amides is 4. The average molecular weight is 393 g/mol. The lowest BCUT2D eigenvalue weighted by Crippen LogP contribution is -2.51. The lowest BCUT2D eigenvalue weighted by Gasteiger charge is -2.13. The number of benzene rings is 2. The standard InChI is InChI=1S/C20H13ClN4O3/c21-16-9-5-4-8-14(16)17-12(10-15-18(26)22-20(28)23-19(15)27)11-25(24-17)13-6-2-1-3-7-13/h1-11H,(H2,22,23,26,27,28). The van der Waals surface area contributed by atoms with Gasteiger partial charge in [0.2, 0.25) is 0 Å². The molecule has 0 atom stereocenters. The van der Waals surface area contributed by atoms with Crippen LogP contribution in [0.4, 0.5) is 4.79 Å². The van der Waals surface area contributed by atoms with E-state index in [2.05, 4.69) is 15.7 Å². The number of halogens is 1. The third kappa shape index (κ3) is 3.30. The van der Waals surface area contributed by atoms with E-state index in [1.165, 1.54) is 6.08 Å². The lowest BCUT2D eigenvalue weighted by molar-refractivity contribution is -0.123. The van der Waals surface area contributed by atoms with Gasteiger partial charge in [0.15, 0.2) is 0 Å². The molecule has 0 spiro atoms. The number of carbonyl (C=O) groups excluding carboxylic acids is 3. The third-order valence-electron chi connectivity index (χ3n) is 4.14. The van der Waals surface area contributed by atoms with E-state index in [0.29, 0.717) is 21.8 Å². The maximum atomic E-state index is 12.1. The van der Waals surface area contributed by atoms with Crippen LogP contribution in [0.3, 0.4) is 0 Å². The molecule has 0 saturated carbocycles. The maximum absolute atomic E-state index is 12.1. The van der Waals surface area contributed by atoms with Gasteiger partial charge in [-0.3, -0.25) is 20.2 Å². The first kappa shape index (κ1) is 17.7. The van der Waals surface area contributed by atoms with Crippen molar-refractivity contribution in [2.24, 2.45) is 0 Å². The van der Waals surface area contributed by atoms with E-state index in [4.69, 9.17) is 11.6 Å². The van der Waals surface area contributed by atoms with E-state index in [1.54, 1.807) is 29.1 Å². The monoisotopic (exact) mass is 392 g/mol. The smallest absolute Gasteiger partial charge is 0.273 e. The van der Waals surface area contributed by atoms with Crippen molar-refractivity contribution in [3.63, 3.8) is 0 Å². The number of carbonyl (C=O) groups is 3. The number of rotatable bonds is 3. The average Bonchev–Trinajstić information content (AvgIpc) is 3.09. The van der Waals surface area contributed by atoms with Crippen LogP contribution in [0.5, 0.6) is 0 Å². The summed E-state index contributed by atoms with van der Waals surface area (Å²) in [6, 6.07) is 15.7.